The summed E-state index contributed by atoms with van der Waals surface area (Å²) in [6.45, 7) is -0.174. The van der Waals surface area contributed by atoms with Gasteiger partial charge in [-0.25, -0.2) is 19.6 Å². The lowest BCUT2D eigenvalue weighted by Gasteiger charge is -2.15. The van der Waals surface area contributed by atoms with E-state index in [1.807, 2.05) is 30.5 Å². The monoisotopic (exact) mass is 849 g/mol. The number of rotatable bonds is 13. The topological polar surface area (TPSA) is 134 Å². The highest BCUT2D eigenvalue weighted by Gasteiger charge is 2.47. The third-order valence-corrected chi connectivity index (χ3v) is 9.58. The number of aliphatic imine (C=N–C) groups is 2. The van der Waals surface area contributed by atoms with Crippen molar-refractivity contribution in [3.8, 4) is 23.0 Å². The summed E-state index contributed by atoms with van der Waals surface area (Å²) in [4.78, 5) is 45.7. The van der Waals surface area contributed by atoms with E-state index in [9.17, 15) is 40.7 Å². The molecule has 1 N–H and O–H groups in total. The van der Waals surface area contributed by atoms with Gasteiger partial charge in [-0.15, -0.1) is 11.8 Å². The van der Waals surface area contributed by atoms with Crippen LogP contribution in [-0.4, -0.2) is 48.2 Å². The number of alkyl halides is 6. The van der Waals surface area contributed by atoms with Gasteiger partial charge in [-0.05, 0) is 102 Å². The van der Waals surface area contributed by atoms with E-state index in [-0.39, 0.29) is 35.7 Å². The third kappa shape index (κ3) is 9.89. The van der Waals surface area contributed by atoms with Crippen molar-refractivity contribution in [3.05, 3.63) is 143 Å². The van der Waals surface area contributed by atoms with Crippen LogP contribution < -0.4 is 19.5 Å². The normalized spacial score (nSPS) is 16.4. The van der Waals surface area contributed by atoms with Crippen LogP contribution in [0.1, 0.15) is 44.7 Å². The molecule has 11 nitrogen and oxygen atoms in total. The number of nitrogens with one attached hydrogen (secondary N) is 1. The van der Waals surface area contributed by atoms with E-state index in [1.165, 1.54) is 48.5 Å². The molecular weight excluding hydrogens is 821 g/mol. The summed E-state index contributed by atoms with van der Waals surface area (Å²) >= 11 is 1.60. The Morgan fingerprint density at radius 2 is 1.12 bits per heavy atom. The second-order valence-corrected chi connectivity index (χ2v) is 13.9. The van der Waals surface area contributed by atoms with E-state index in [2.05, 4.69) is 24.8 Å². The zero-order chi connectivity index (χ0) is 42.6. The quantitative estimate of drug-likeness (QED) is 0.0698. The molecule has 2 atom stereocenters. The number of ether oxygens (including phenoxy) is 5. The summed E-state index contributed by atoms with van der Waals surface area (Å²) in [5.41, 5.74) is 1.97. The number of cyclic esters (lactones) is 2. The number of nitrogens with zero attached hydrogens (tertiary/aromatic N) is 2. The van der Waals surface area contributed by atoms with E-state index >= 15 is 0 Å². The average Bonchev–Trinajstić information content (AvgIpc) is 3.84. The Hall–Kier alpha value is -6.82. The van der Waals surface area contributed by atoms with Crippen molar-refractivity contribution in [1.29, 1.82) is 0 Å². The predicted molar refractivity (Wildman–Crippen MR) is 205 cm³/mol. The lowest BCUT2D eigenvalue weighted by atomic mass is 10.0. The highest BCUT2D eigenvalue weighted by Crippen LogP contribution is 2.34. The Morgan fingerprint density at radius 1 is 0.650 bits per heavy atom. The zero-order valence-corrected chi connectivity index (χ0v) is 31.7. The molecule has 0 bridgehead atoms. The Morgan fingerprint density at radius 3 is 1.58 bits per heavy atom. The van der Waals surface area contributed by atoms with E-state index < -0.39 is 54.1 Å². The molecule has 0 spiro atoms. The summed E-state index contributed by atoms with van der Waals surface area (Å²) in [5.74, 6) is -4.30. The van der Waals surface area contributed by atoms with Gasteiger partial charge in [0.25, 0.3) is 5.91 Å². The molecule has 0 saturated heterocycles. The molecule has 5 aromatic rings. The first-order chi connectivity index (χ1) is 28.6. The van der Waals surface area contributed by atoms with Crippen LogP contribution in [0, 0.1) is 0 Å². The summed E-state index contributed by atoms with van der Waals surface area (Å²) < 4.78 is 104. The Balaban J connectivity index is 1.05. The largest absolute Gasteiger partial charge is 0.489 e. The van der Waals surface area contributed by atoms with Gasteiger partial charge >= 0.3 is 36.1 Å². The van der Waals surface area contributed by atoms with Crippen LogP contribution in [-0.2, 0) is 32.3 Å². The molecule has 5 aromatic carbocycles. The molecule has 0 fully saturated rings. The number of carbonyl (C=O) groups is 3. The highest BCUT2D eigenvalue weighted by molar-refractivity contribution is 7.98. The van der Waals surface area contributed by atoms with Crippen LogP contribution in [0.15, 0.2) is 130 Å². The van der Waals surface area contributed by atoms with Crippen molar-refractivity contribution in [2.75, 3.05) is 11.6 Å². The van der Waals surface area contributed by atoms with Crippen molar-refractivity contribution in [3.63, 3.8) is 0 Å². The lowest BCUT2D eigenvalue weighted by molar-refractivity contribution is -0.139. The molecule has 18 heteroatoms. The Bertz CT molecular complexity index is 2460. The number of amides is 1. The Kier molecular flexibility index (Phi) is 11.8. The number of thioether (sulfide) groups is 1. The van der Waals surface area contributed by atoms with Gasteiger partial charge in [0.05, 0.1) is 0 Å². The number of hydrogen-bond donors (Lipinski definition) is 1. The molecule has 0 saturated carbocycles. The van der Waals surface area contributed by atoms with E-state index in [0.29, 0.717) is 34.1 Å². The second-order valence-electron chi connectivity index (χ2n) is 13.0. The van der Waals surface area contributed by atoms with Gasteiger partial charge in [-0.2, -0.15) is 26.3 Å². The lowest BCUT2D eigenvalue weighted by Crippen LogP contribution is -2.23. The van der Waals surface area contributed by atoms with Crippen LogP contribution in [0.3, 0.4) is 0 Å². The number of carbonyl (C=O) groups excluding carboxylic acids is 3. The van der Waals surface area contributed by atoms with Crippen LogP contribution in [0.25, 0.3) is 0 Å². The zero-order valence-electron chi connectivity index (χ0n) is 30.9. The smallest absolute Gasteiger partial charge is 0.468 e. The van der Waals surface area contributed by atoms with Gasteiger partial charge in [0.2, 0.25) is 0 Å². The SMILES string of the molecule is CSc1ccc(Oc2ccc(NC(=O)c3cc(COc4ccc(C5N=C(C(F)(F)F)OC5=O)cc4)ccc3COc3ccc(C4N=C(C(F)(F)F)OC4=O)cc3)cc2)cc1. The maximum absolute atomic E-state index is 13.8. The van der Waals surface area contributed by atoms with Crippen LogP contribution in [0.2, 0.25) is 0 Å². The van der Waals surface area contributed by atoms with Gasteiger partial charge in [-0.1, -0.05) is 36.4 Å². The van der Waals surface area contributed by atoms with Crippen molar-refractivity contribution in [2.24, 2.45) is 9.98 Å². The van der Waals surface area contributed by atoms with E-state index in [1.54, 1.807) is 54.2 Å². The molecule has 2 unspecified atom stereocenters. The number of benzene rings is 5. The summed E-state index contributed by atoms with van der Waals surface area (Å²) in [5, 5.41) is 2.86. The molecule has 2 heterocycles. The van der Waals surface area contributed by atoms with Gasteiger partial charge in [-0.3, -0.25) is 4.79 Å². The fourth-order valence-electron chi connectivity index (χ4n) is 5.83. The fourth-order valence-corrected chi connectivity index (χ4v) is 6.24. The molecule has 0 aliphatic carbocycles. The molecule has 2 aliphatic heterocycles. The maximum atomic E-state index is 13.8. The van der Waals surface area contributed by atoms with Crippen molar-refractivity contribution < 1.29 is 64.4 Å². The molecular formula is C42H29F6N3O8S. The van der Waals surface area contributed by atoms with Crippen molar-refractivity contribution >= 4 is 47.1 Å². The number of halogens is 6. The minimum atomic E-state index is -4.91. The van der Waals surface area contributed by atoms with Gasteiger partial charge in [0, 0.05) is 21.7 Å². The number of anilines is 1. The molecule has 0 aromatic heterocycles. The summed E-state index contributed by atoms with van der Waals surface area (Å²) in [6.07, 6.45) is -7.85. The first kappa shape index (κ1) is 41.3. The number of esters is 2. The van der Waals surface area contributed by atoms with Crippen LogP contribution in [0.5, 0.6) is 23.0 Å². The van der Waals surface area contributed by atoms with Crippen LogP contribution in [0.4, 0.5) is 32.0 Å². The molecule has 308 valence electrons. The minimum Gasteiger partial charge on any atom is -0.489 e. The number of hydrogen-bond acceptors (Lipinski definition) is 11. The highest BCUT2D eigenvalue weighted by atomic mass is 32.2. The molecule has 60 heavy (non-hydrogen) atoms. The van der Waals surface area contributed by atoms with Gasteiger partial charge < -0.3 is 29.0 Å². The Labute approximate surface area is 341 Å². The third-order valence-electron chi connectivity index (χ3n) is 8.84. The van der Waals surface area contributed by atoms with Crippen molar-refractivity contribution in [1.82, 2.24) is 0 Å². The molecule has 1 amide bonds. The molecule has 7 rings (SSSR count). The first-order valence-electron chi connectivity index (χ1n) is 17.7. The molecule has 2 aliphatic rings. The summed E-state index contributed by atoms with van der Waals surface area (Å²) in [6, 6.07) is 27.6. The van der Waals surface area contributed by atoms with Crippen molar-refractivity contribution in [2.45, 2.75) is 42.5 Å². The second kappa shape index (κ2) is 17.2. The van der Waals surface area contributed by atoms with E-state index in [0.717, 1.165) is 4.90 Å². The van der Waals surface area contributed by atoms with Crippen LogP contribution >= 0.6 is 11.8 Å². The maximum Gasteiger partial charge on any atom is 0.468 e. The minimum absolute atomic E-state index is 0.0455. The average molecular weight is 850 g/mol. The fraction of sp³-hybridized carbons (Fsp3) is 0.167. The molecule has 0 radical (unpaired) electrons. The van der Waals surface area contributed by atoms with Gasteiger partial charge in [0.1, 0.15) is 36.2 Å². The van der Waals surface area contributed by atoms with Gasteiger partial charge in [0.15, 0.2) is 12.1 Å². The summed E-state index contributed by atoms with van der Waals surface area (Å²) in [7, 11) is 0. The first-order valence-corrected chi connectivity index (χ1v) is 18.9. The predicted octanol–water partition coefficient (Wildman–Crippen LogP) is 9.73. The van der Waals surface area contributed by atoms with E-state index in [4.69, 9.17) is 14.2 Å². The standard InChI is InChI=1S/C42H29F6N3O8S/c1-60-32-18-16-31(17-19-32)57-30-14-8-27(9-15-30)49-36(52)33-20-23(21-55-28-10-4-24(5-11-28)34-37(53)58-39(50-34)41(43,44)45)2-3-26(33)22-56-29-12-6-25(7-13-29)35-38(54)59-40(51-35)42(46,47)48/h2-20,34-35H,21-22H2,1H3,(H,49,52).